The SMILES string of the molecule is CC(=O)NCCNc1c(Cl)cc(Cl)cc1Cl. The summed E-state index contributed by atoms with van der Waals surface area (Å²) >= 11 is 17.7. The second-order valence-corrected chi connectivity index (χ2v) is 4.41. The summed E-state index contributed by atoms with van der Waals surface area (Å²) in [5.41, 5.74) is 0.623. The van der Waals surface area contributed by atoms with Gasteiger partial charge in [-0.1, -0.05) is 34.8 Å². The van der Waals surface area contributed by atoms with E-state index >= 15 is 0 Å². The molecule has 0 spiro atoms. The fourth-order valence-electron chi connectivity index (χ4n) is 1.14. The number of carbonyl (C=O) groups excluding carboxylic acids is 1. The molecule has 88 valence electrons. The zero-order valence-electron chi connectivity index (χ0n) is 8.61. The summed E-state index contributed by atoms with van der Waals surface area (Å²) in [6.07, 6.45) is 0. The molecule has 0 radical (unpaired) electrons. The highest BCUT2D eigenvalue weighted by molar-refractivity contribution is 6.41. The van der Waals surface area contributed by atoms with E-state index in [1.54, 1.807) is 12.1 Å². The average molecular weight is 282 g/mol. The molecule has 1 aromatic carbocycles. The zero-order chi connectivity index (χ0) is 12.1. The second-order valence-electron chi connectivity index (χ2n) is 3.15. The van der Waals surface area contributed by atoms with Crippen molar-refractivity contribution in [1.29, 1.82) is 0 Å². The topological polar surface area (TPSA) is 41.1 Å². The molecule has 1 amide bonds. The molecule has 0 aliphatic heterocycles. The van der Waals surface area contributed by atoms with E-state index in [2.05, 4.69) is 10.6 Å². The minimum Gasteiger partial charge on any atom is -0.381 e. The molecule has 0 fully saturated rings. The molecule has 0 aromatic heterocycles. The number of carbonyl (C=O) groups is 1. The van der Waals surface area contributed by atoms with Gasteiger partial charge in [-0.05, 0) is 12.1 Å². The van der Waals surface area contributed by atoms with Crippen LogP contribution in [0.15, 0.2) is 12.1 Å². The van der Waals surface area contributed by atoms with E-state index < -0.39 is 0 Å². The lowest BCUT2D eigenvalue weighted by atomic mass is 10.3. The van der Waals surface area contributed by atoms with Gasteiger partial charge in [-0.15, -0.1) is 0 Å². The molecular formula is C10H11Cl3N2O. The predicted octanol–water partition coefficient (Wildman–Crippen LogP) is 3.19. The fourth-order valence-corrected chi connectivity index (χ4v) is 2.09. The molecule has 1 aromatic rings. The fraction of sp³-hybridized carbons (Fsp3) is 0.300. The van der Waals surface area contributed by atoms with Crippen molar-refractivity contribution in [3.63, 3.8) is 0 Å². The molecule has 0 heterocycles. The molecule has 1 rings (SSSR count). The lowest BCUT2D eigenvalue weighted by Gasteiger charge is -2.10. The summed E-state index contributed by atoms with van der Waals surface area (Å²) in [5.74, 6) is -0.0740. The first kappa shape index (κ1) is 13.4. The molecule has 3 nitrogen and oxygen atoms in total. The first-order valence-electron chi connectivity index (χ1n) is 4.63. The lowest BCUT2D eigenvalue weighted by Crippen LogP contribution is -2.26. The Kier molecular flexibility index (Phi) is 5.19. The highest BCUT2D eigenvalue weighted by atomic mass is 35.5. The molecule has 0 saturated heterocycles. The Morgan fingerprint density at radius 2 is 1.75 bits per heavy atom. The maximum atomic E-state index is 10.6. The van der Waals surface area contributed by atoms with Crippen molar-refractivity contribution in [1.82, 2.24) is 5.32 Å². The van der Waals surface area contributed by atoms with Crippen LogP contribution in [0, 0.1) is 0 Å². The molecule has 6 heteroatoms. The molecular weight excluding hydrogens is 270 g/mol. The molecule has 0 bridgehead atoms. The standard InChI is InChI=1S/C10H11Cl3N2O/c1-6(16)14-2-3-15-10-8(12)4-7(11)5-9(10)13/h4-5,15H,2-3H2,1H3,(H,14,16). The Morgan fingerprint density at radius 3 is 2.25 bits per heavy atom. The van der Waals surface area contributed by atoms with Gasteiger partial charge >= 0.3 is 0 Å². The number of amides is 1. The predicted molar refractivity (Wildman–Crippen MR) is 68.6 cm³/mol. The van der Waals surface area contributed by atoms with E-state index in [9.17, 15) is 4.79 Å². The Balaban J connectivity index is 2.57. The van der Waals surface area contributed by atoms with Crippen LogP contribution in [-0.4, -0.2) is 19.0 Å². The van der Waals surface area contributed by atoms with Crippen LogP contribution in [0.2, 0.25) is 15.1 Å². The van der Waals surface area contributed by atoms with Crippen LogP contribution in [0.5, 0.6) is 0 Å². The Morgan fingerprint density at radius 1 is 1.19 bits per heavy atom. The van der Waals surface area contributed by atoms with Crippen LogP contribution >= 0.6 is 34.8 Å². The lowest BCUT2D eigenvalue weighted by molar-refractivity contribution is -0.118. The summed E-state index contributed by atoms with van der Waals surface area (Å²) in [6, 6.07) is 3.21. The number of benzene rings is 1. The van der Waals surface area contributed by atoms with Crippen molar-refractivity contribution in [3.8, 4) is 0 Å². The average Bonchev–Trinajstić information content (AvgIpc) is 2.14. The van der Waals surface area contributed by atoms with Crippen molar-refractivity contribution in [2.45, 2.75) is 6.92 Å². The van der Waals surface area contributed by atoms with Crippen LogP contribution in [0.4, 0.5) is 5.69 Å². The van der Waals surface area contributed by atoms with Crippen molar-refractivity contribution in [3.05, 3.63) is 27.2 Å². The summed E-state index contributed by atoms with van der Waals surface area (Å²) in [6.45, 7) is 2.51. The van der Waals surface area contributed by atoms with Gasteiger partial charge in [0.15, 0.2) is 0 Å². The van der Waals surface area contributed by atoms with E-state index in [0.717, 1.165) is 0 Å². The maximum absolute atomic E-state index is 10.6. The first-order valence-corrected chi connectivity index (χ1v) is 5.77. The number of hydrogen-bond donors (Lipinski definition) is 2. The van der Waals surface area contributed by atoms with E-state index in [1.807, 2.05) is 0 Å². The molecule has 0 atom stereocenters. The number of halogens is 3. The van der Waals surface area contributed by atoms with Crippen LogP contribution < -0.4 is 10.6 Å². The minimum absolute atomic E-state index is 0.0740. The first-order chi connectivity index (χ1) is 7.50. The zero-order valence-corrected chi connectivity index (χ0v) is 10.9. The smallest absolute Gasteiger partial charge is 0.216 e. The molecule has 0 aliphatic rings. The van der Waals surface area contributed by atoms with E-state index in [1.165, 1.54) is 6.92 Å². The molecule has 0 aliphatic carbocycles. The third kappa shape index (κ3) is 4.08. The van der Waals surface area contributed by atoms with Gasteiger partial charge < -0.3 is 10.6 Å². The molecule has 0 saturated carbocycles. The van der Waals surface area contributed by atoms with Gasteiger partial charge in [0.05, 0.1) is 15.7 Å². The molecule has 16 heavy (non-hydrogen) atoms. The number of hydrogen-bond acceptors (Lipinski definition) is 2. The van der Waals surface area contributed by atoms with Gasteiger partial charge in [0.25, 0.3) is 0 Å². The summed E-state index contributed by atoms with van der Waals surface area (Å²) in [5, 5.41) is 7.08. The number of nitrogens with one attached hydrogen (secondary N) is 2. The monoisotopic (exact) mass is 280 g/mol. The highest BCUT2D eigenvalue weighted by Crippen LogP contribution is 2.33. The van der Waals surface area contributed by atoms with Crippen molar-refractivity contribution in [2.24, 2.45) is 0 Å². The Hall–Kier alpha value is -0.640. The van der Waals surface area contributed by atoms with Gasteiger partial charge in [-0.3, -0.25) is 4.79 Å². The van der Waals surface area contributed by atoms with E-state index in [-0.39, 0.29) is 5.91 Å². The van der Waals surface area contributed by atoms with Crippen molar-refractivity contribution in [2.75, 3.05) is 18.4 Å². The highest BCUT2D eigenvalue weighted by Gasteiger charge is 2.06. The van der Waals surface area contributed by atoms with E-state index in [0.29, 0.717) is 33.8 Å². The largest absolute Gasteiger partial charge is 0.381 e. The summed E-state index contributed by atoms with van der Waals surface area (Å²) in [4.78, 5) is 10.6. The van der Waals surface area contributed by atoms with Gasteiger partial charge in [-0.2, -0.15) is 0 Å². The van der Waals surface area contributed by atoms with Crippen molar-refractivity contribution < 1.29 is 4.79 Å². The van der Waals surface area contributed by atoms with E-state index in [4.69, 9.17) is 34.8 Å². The van der Waals surface area contributed by atoms with Crippen LogP contribution in [-0.2, 0) is 4.79 Å². The van der Waals surface area contributed by atoms with Crippen LogP contribution in [0.3, 0.4) is 0 Å². The second kappa shape index (κ2) is 6.18. The normalized spacial score (nSPS) is 10.0. The number of rotatable bonds is 4. The van der Waals surface area contributed by atoms with Gasteiger partial charge in [0.1, 0.15) is 0 Å². The summed E-state index contributed by atoms with van der Waals surface area (Å²) < 4.78 is 0. The molecule has 0 unspecified atom stereocenters. The van der Waals surface area contributed by atoms with Gasteiger partial charge in [-0.25, -0.2) is 0 Å². The Labute approximate surface area is 109 Å². The third-order valence-electron chi connectivity index (χ3n) is 1.81. The van der Waals surface area contributed by atoms with Crippen LogP contribution in [0.25, 0.3) is 0 Å². The Bertz CT molecular complexity index is 373. The van der Waals surface area contributed by atoms with Crippen molar-refractivity contribution >= 4 is 46.4 Å². The third-order valence-corrected chi connectivity index (χ3v) is 2.62. The quantitative estimate of drug-likeness (QED) is 0.832. The van der Waals surface area contributed by atoms with Gasteiger partial charge in [0, 0.05) is 25.0 Å². The van der Waals surface area contributed by atoms with Gasteiger partial charge in [0.2, 0.25) is 5.91 Å². The minimum atomic E-state index is -0.0740. The van der Waals surface area contributed by atoms with Crippen LogP contribution in [0.1, 0.15) is 6.92 Å². The number of anilines is 1. The summed E-state index contributed by atoms with van der Waals surface area (Å²) in [7, 11) is 0. The molecule has 2 N–H and O–H groups in total. The maximum Gasteiger partial charge on any atom is 0.216 e.